The summed E-state index contributed by atoms with van der Waals surface area (Å²) in [6.45, 7) is 1.64. The number of anilines is 2. The summed E-state index contributed by atoms with van der Waals surface area (Å²) in [5, 5.41) is 7.90. The average Bonchev–Trinajstić information content (AvgIpc) is 2.96. The van der Waals surface area contributed by atoms with Crippen LogP contribution in [0.1, 0.15) is 36.0 Å². The van der Waals surface area contributed by atoms with E-state index < -0.39 is 10.0 Å². The van der Waals surface area contributed by atoms with Gasteiger partial charge in [0.1, 0.15) is 5.82 Å². The summed E-state index contributed by atoms with van der Waals surface area (Å²) < 4.78 is 28.3. The van der Waals surface area contributed by atoms with E-state index in [4.69, 9.17) is 9.88 Å². The zero-order valence-corrected chi connectivity index (χ0v) is 16.5. The SMILES string of the molecule is COc1ccc(C(=O)Nc2cccc(S(N)(=O)=O)c2)c(N2CCCCCC2)n1. The Bertz CT molecular complexity index is 954. The van der Waals surface area contributed by atoms with Crippen LogP contribution in [0.4, 0.5) is 11.5 Å². The Hall–Kier alpha value is -2.65. The van der Waals surface area contributed by atoms with Gasteiger partial charge in [0, 0.05) is 24.8 Å². The number of hydrogen-bond acceptors (Lipinski definition) is 6. The fourth-order valence-electron chi connectivity index (χ4n) is 3.19. The summed E-state index contributed by atoms with van der Waals surface area (Å²) in [7, 11) is -2.32. The molecule has 1 aliphatic rings. The summed E-state index contributed by atoms with van der Waals surface area (Å²) in [6, 6.07) is 9.15. The van der Waals surface area contributed by atoms with Gasteiger partial charge >= 0.3 is 0 Å². The van der Waals surface area contributed by atoms with Crippen LogP contribution < -0.4 is 20.1 Å². The van der Waals surface area contributed by atoms with Crippen molar-refractivity contribution >= 4 is 27.4 Å². The smallest absolute Gasteiger partial charge is 0.259 e. The molecule has 0 radical (unpaired) electrons. The van der Waals surface area contributed by atoms with Crippen LogP contribution in [0, 0.1) is 0 Å². The van der Waals surface area contributed by atoms with Crippen molar-refractivity contribution in [2.75, 3.05) is 30.4 Å². The van der Waals surface area contributed by atoms with Crippen molar-refractivity contribution in [3.8, 4) is 5.88 Å². The summed E-state index contributed by atoms with van der Waals surface area (Å²) in [5.74, 6) is 0.634. The van der Waals surface area contributed by atoms with E-state index in [0.29, 0.717) is 22.9 Å². The van der Waals surface area contributed by atoms with Gasteiger partial charge in [0.05, 0.1) is 17.6 Å². The molecule has 1 aliphatic heterocycles. The number of sulfonamides is 1. The zero-order valence-electron chi connectivity index (χ0n) is 15.7. The zero-order chi connectivity index (χ0) is 20.1. The molecule has 1 aromatic heterocycles. The van der Waals surface area contributed by atoms with Gasteiger partial charge in [-0.1, -0.05) is 18.9 Å². The number of carbonyl (C=O) groups is 1. The predicted molar refractivity (Wildman–Crippen MR) is 107 cm³/mol. The van der Waals surface area contributed by atoms with Crippen molar-refractivity contribution in [3.63, 3.8) is 0 Å². The minimum atomic E-state index is -3.85. The van der Waals surface area contributed by atoms with Gasteiger partial charge in [0.2, 0.25) is 15.9 Å². The molecule has 1 aromatic carbocycles. The molecule has 0 atom stereocenters. The van der Waals surface area contributed by atoms with Gasteiger partial charge in [-0.25, -0.2) is 13.6 Å². The van der Waals surface area contributed by atoms with Gasteiger partial charge in [-0.05, 0) is 37.1 Å². The lowest BCUT2D eigenvalue weighted by Crippen LogP contribution is -2.28. The lowest BCUT2D eigenvalue weighted by atomic mass is 10.2. The number of hydrogen-bond donors (Lipinski definition) is 2. The molecular weight excluding hydrogens is 380 g/mol. The second kappa shape index (κ2) is 8.57. The van der Waals surface area contributed by atoms with E-state index >= 15 is 0 Å². The van der Waals surface area contributed by atoms with Crippen molar-refractivity contribution < 1.29 is 17.9 Å². The Labute approximate surface area is 164 Å². The number of primary sulfonamides is 1. The predicted octanol–water partition coefficient (Wildman–Crippen LogP) is 2.37. The highest BCUT2D eigenvalue weighted by molar-refractivity contribution is 7.89. The minimum Gasteiger partial charge on any atom is -0.481 e. The molecule has 28 heavy (non-hydrogen) atoms. The van der Waals surface area contributed by atoms with E-state index in [2.05, 4.69) is 15.2 Å². The van der Waals surface area contributed by atoms with Crippen molar-refractivity contribution in [2.45, 2.75) is 30.6 Å². The van der Waals surface area contributed by atoms with E-state index in [1.807, 2.05) is 0 Å². The first-order chi connectivity index (χ1) is 13.4. The normalized spacial score (nSPS) is 15.0. The molecule has 150 valence electrons. The Balaban J connectivity index is 1.91. The van der Waals surface area contributed by atoms with Crippen LogP contribution in [0.5, 0.6) is 5.88 Å². The van der Waals surface area contributed by atoms with Gasteiger partial charge in [0.15, 0.2) is 0 Å². The van der Waals surface area contributed by atoms with Crippen LogP contribution in [0.25, 0.3) is 0 Å². The fraction of sp³-hybridized carbons (Fsp3) is 0.368. The molecule has 1 amide bonds. The van der Waals surface area contributed by atoms with Crippen molar-refractivity contribution in [1.29, 1.82) is 0 Å². The number of carbonyl (C=O) groups excluding carboxylic acids is 1. The maximum Gasteiger partial charge on any atom is 0.259 e. The molecule has 0 spiro atoms. The third-order valence-electron chi connectivity index (χ3n) is 4.63. The average molecular weight is 404 g/mol. The second-order valence-electron chi connectivity index (χ2n) is 6.65. The minimum absolute atomic E-state index is 0.0640. The first-order valence-electron chi connectivity index (χ1n) is 9.12. The summed E-state index contributed by atoms with van der Waals surface area (Å²) >= 11 is 0. The molecule has 1 fully saturated rings. The molecule has 9 heteroatoms. The quantitative estimate of drug-likeness (QED) is 0.791. The molecule has 0 aliphatic carbocycles. The highest BCUT2D eigenvalue weighted by Gasteiger charge is 2.21. The Morgan fingerprint density at radius 2 is 1.86 bits per heavy atom. The van der Waals surface area contributed by atoms with Gasteiger partial charge in [-0.15, -0.1) is 0 Å². The highest BCUT2D eigenvalue weighted by Crippen LogP contribution is 2.26. The highest BCUT2D eigenvalue weighted by atomic mass is 32.2. The number of nitrogens with one attached hydrogen (secondary N) is 1. The summed E-state index contributed by atoms with van der Waals surface area (Å²) in [5.41, 5.74) is 0.748. The largest absolute Gasteiger partial charge is 0.481 e. The van der Waals surface area contributed by atoms with Crippen LogP contribution in [-0.4, -0.2) is 39.5 Å². The molecule has 1 saturated heterocycles. The van der Waals surface area contributed by atoms with Crippen molar-refractivity contribution in [2.24, 2.45) is 5.14 Å². The number of amides is 1. The second-order valence-corrected chi connectivity index (χ2v) is 8.21. The first kappa shape index (κ1) is 20.1. The van der Waals surface area contributed by atoms with Gasteiger partial charge in [-0.3, -0.25) is 4.79 Å². The molecule has 3 N–H and O–H groups in total. The first-order valence-corrected chi connectivity index (χ1v) is 10.7. The van der Waals surface area contributed by atoms with E-state index in [1.165, 1.54) is 25.3 Å². The molecule has 0 bridgehead atoms. The van der Waals surface area contributed by atoms with Crippen LogP contribution in [0.2, 0.25) is 0 Å². The maximum atomic E-state index is 12.9. The molecule has 0 unspecified atom stereocenters. The van der Waals surface area contributed by atoms with Crippen molar-refractivity contribution in [3.05, 3.63) is 42.0 Å². The monoisotopic (exact) mass is 404 g/mol. The third kappa shape index (κ3) is 4.79. The Morgan fingerprint density at radius 1 is 1.14 bits per heavy atom. The lowest BCUT2D eigenvalue weighted by molar-refractivity contribution is 0.102. The molecule has 2 heterocycles. The Morgan fingerprint density at radius 3 is 2.50 bits per heavy atom. The fourth-order valence-corrected chi connectivity index (χ4v) is 3.75. The summed E-state index contributed by atoms with van der Waals surface area (Å²) in [4.78, 5) is 19.5. The summed E-state index contributed by atoms with van der Waals surface area (Å²) in [6.07, 6.45) is 4.39. The van der Waals surface area contributed by atoms with Gasteiger partial charge < -0.3 is 15.0 Å². The van der Waals surface area contributed by atoms with Crippen LogP contribution in [0.3, 0.4) is 0 Å². The number of benzene rings is 1. The molecule has 0 saturated carbocycles. The molecule has 3 rings (SSSR count). The third-order valence-corrected chi connectivity index (χ3v) is 5.54. The number of nitrogens with zero attached hydrogens (tertiary/aromatic N) is 2. The maximum absolute atomic E-state index is 12.9. The van der Waals surface area contributed by atoms with E-state index in [9.17, 15) is 13.2 Å². The van der Waals surface area contributed by atoms with Crippen LogP contribution in [-0.2, 0) is 10.0 Å². The number of methoxy groups -OCH3 is 1. The number of aromatic nitrogens is 1. The number of ether oxygens (including phenoxy) is 1. The van der Waals surface area contributed by atoms with E-state index in [0.717, 1.165) is 38.8 Å². The van der Waals surface area contributed by atoms with Crippen LogP contribution >= 0.6 is 0 Å². The van der Waals surface area contributed by atoms with Crippen molar-refractivity contribution in [1.82, 2.24) is 4.98 Å². The standard InChI is InChI=1S/C19H24N4O4S/c1-27-17-10-9-16(18(22-17)23-11-4-2-3-5-12-23)19(24)21-14-7-6-8-15(13-14)28(20,25)26/h6-10,13H,2-5,11-12H2,1H3,(H,21,24)(H2,20,25,26). The molecule has 8 nitrogen and oxygen atoms in total. The van der Waals surface area contributed by atoms with Crippen LogP contribution in [0.15, 0.2) is 41.3 Å². The number of rotatable bonds is 5. The van der Waals surface area contributed by atoms with Gasteiger partial charge in [0.25, 0.3) is 5.91 Å². The Kier molecular flexibility index (Phi) is 6.15. The molecular formula is C19H24N4O4S. The molecule has 2 aromatic rings. The number of nitrogens with two attached hydrogens (primary N) is 1. The van der Waals surface area contributed by atoms with E-state index in [-0.39, 0.29) is 10.8 Å². The van der Waals surface area contributed by atoms with Gasteiger partial charge in [-0.2, -0.15) is 4.98 Å². The lowest BCUT2D eigenvalue weighted by Gasteiger charge is -2.24. The van der Waals surface area contributed by atoms with E-state index in [1.54, 1.807) is 18.2 Å². The number of pyridine rings is 1. The topological polar surface area (TPSA) is 115 Å².